The minimum atomic E-state index is 0.125. The van der Waals surface area contributed by atoms with Gasteiger partial charge in [0, 0.05) is 29.9 Å². The lowest BCUT2D eigenvalue weighted by molar-refractivity contribution is -0.121. The second-order valence-electron chi connectivity index (χ2n) is 12.2. The van der Waals surface area contributed by atoms with Crippen molar-refractivity contribution in [3.05, 3.63) is 46.1 Å². The molecule has 1 fully saturated rings. The highest BCUT2D eigenvalue weighted by Crippen LogP contribution is 2.63. The largest absolute Gasteiger partial charge is 0.356 e. The van der Waals surface area contributed by atoms with Gasteiger partial charge >= 0.3 is 0 Å². The summed E-state index contributed by atoms with van der Waals surface area (Å²) in [5, 5.41) is 3.13. The number of nitrogens with one attached hydrogen (secondary N) is 1. The molecule has 0 unspecified atom stereocenters. The van der Waals surface area contributed by atoms with Crippen molar-refractivity contribution < 1.29 is 9.59 Å². The molecule has 1 saturated carbocycles. The standard InChI is InChI=1S/C35H55NO2/c1-5-6-7-8-9-10-11-12-13-14-15-16-17-18-19-22-32(37)36-25-20-21-30-27(2)26-31-33(30)28(3)35(23-24-35)29(4)34(31)38/h12-13,26,29H,5-11,14-25H2,1-4H3,(H,36,37)/b13-12+/t29-/m1/s1. The third kappa shape index (κ3) is 8.30. The van der Waals surface area contributed by atoms with E-state index in [-0.39, 0.29) is 17.2 Å². The number of rotatable bonds is 19. The summed E-state index contributed by atoms with van der Waals surface area (Å²) >= 11 is 0. The first-order valence-corrected chi connectivity index (χ1v) is 16.0. The van der Waals surface area contributed by atoms with Gasteiger partial charge in [0.2, 0.25) is 5.91 Å². The van der Waals surface area contributed by atoms with Gasteiger partial charge in [-0.15, -0.1) is 0 Å². The van der Waals surface area contributed by atoms with E-state index in [2.05, 4.69) is 51.2 Å². The molecule has 1 atom stereocenters. The number of allylic oxidation sites excluding steroid dienone is 8. The highest BCUT2D eigenvalue weighted by Gasteiger charge is 2.56. The van der Waals surface area contributed by atoms with Gasteiger partial charge in [-0.2, -0.15) is 0 Å². The number of amides is 1. The van der Waals surface area contributed by atoms with Crippen LogP contribution in [0.4, 0.5) is 0 Å². The van der Waals surface area contributed by atoms with Crippen molar-refractivity contribution >= 4 is 11.7 Å². The Morgan fingerprint density at radius 1 is 0.921 bits per heavy atom. The van der Waals surface area contributed by atoms with Crippen LogP contribution in [0.3, 0.4) is 0 Å². The maximum absolute atomic E-state index is 13.0. The Balaban J connectivity index is 1.19. The van der Waals surface area contributed by atoms with Gasteiger partial charge < -0.3 is 5.32 Å². The topological polar surface area (TPSA) is 46.2 Å². The monoisotopic (exact) mass is 521 g/mol. The number of ketones is 1. The Morgan fingerprint density at radius 3 is 2.16 bits per heavy atom. The summed E-state index contributed by atoms with van der Waals surface area (Å²) < 4.78 is 0. The van der Waals surface area contributed by atoms with E-state index in [1.54, 1.807) is 0 Å². The number of carbonyl (C=O) groups excluding carboxylic acids is 2. The molecule has 0 bridgehead atoms. The highest BCUT2D eigenvalue weighted by atomic mass is 16.1. The van der Waals surface area contributed by atoms with Crippen molar-refractivity contribution in [1.82, 2.24) is 5.32 Å². The molecule has 0 aromatic heterocycles. The predicted octanol–water partition coefficient (Wildman–Crippen LogP) is 9.49. The van der Waals surface area contributed by atoms with Gasteiger partial charge in [-0.3, -0.25) is 9.59 Å². The van der Waals surface area contributed by atoms with Gasteiger partial charge in [0.05, 0.1) is 0 Å². The molecule has 3 aliphatic rings. The van der Waals surface area contributed by atoms with Crippen LogP contribution in [0.5, 0.6) is 0 Å². The van der Waals surface area contributed by atoms with Crippen molar-refractivity contribution in [3.8, 4) is 0 Å². The summed E-state index contributed by atoms with van der Waals surface area (Å²) in [7, 11) is 0. The average molecular weight is 522 g/mol. The Labute approximate surface area is 233 Å². The molecule has 0 saturated heterocycles. The normalized spacial score (nSPS) is 20.1. The molecule has 0 aliphatic heterocycles. The maximum Gasteiger partial charge on any atom is 0.219 e. The van der Waals surface area contributed by atoms with E-state index in [1.807, 2.05) is 0 Å². The lowest BCUT2D eigenvalue weighted by atomic mass is 9.70. The summed E-state index contributed by atoms with van der Waals surface area (Å²) in [6.45, 7) is 9.51. The van der Waals surface area contributed by atoms with Crippen LogP contribution in [0.2, 0.25) is 0 Å². The van der Waals surface area contributed by atoms with Crippen LogP contribution in [0.15, 0.2) is 46.1 Å². The van der Waals surface area contributed by atoms with Crippen molar-refractivity contribution in [2.24, 2.45) is 11.3 Å². The zero-order valence-corrected chi connectivity index (χ0v) is 25.1. The number of hydrogen-bond donors (Lipinski definition) is 1. The van der Waals surface area contributed by atoms with E-state index in [0.717, 1.165) is 50.6 Å². The number of unbranched alkanes of at least 4 members (excludes halogenated alkanes) is 11. The van der Waals surface area contributed by atoms with Crippen molar-refractivity contribution in [1.29, 1.82) is 0 Å². The molecule has 212 valence electrons. The summed E-state index contributed by atoms with van der Waals surface area (Å²) in [6, 6.07) is 0. The summed E-state index contributed by atoms with van der Waals surface area (Å²) in [5.41, 5.74) is 6.37. The molecule has 3 rings (SSSR count). The zero-order chi connectivity index (χ0) is 27.4. The van der Waals surface area contributed by atoms with Gasteiger partial charge in [0.1, 0.15) is 0 Å². The van der Waals surface area contributed by atoms with Crippen LogP contribution in [-0.2, 0) is 9.59 Å². The van der Waals surface area contributed by atoms with Gasteiger partial charge in [0.25, 0.3) is 0 Å². The minimum Gasteiger partial charge on any atom is -0.356 e. The average Bonchev–Trinajstić information content (AvgIpc) is 3.65. The van der Waals surface area contributed by atoms with E-state index in [9.17, 15) is 9.59 Å². The molecule has 3 nitrogen and oxygen atoms in total. The van der Waals surface area contributed by atoms with Gasteiger partial charge in [-0.1, -0.05) is 82.9 Å². The molecule has 38 heavy (non-hydrogen) atoms. The van der Waals surface area contributed by atoms with Crippen LogP contribution >= 0.6 is 0 Å². The fraction of sp³-hybridized carbons (Fsp3) is 0.714. The van der Waals surface area contributed by atoms with E-state index in [1.165, 1.54) is 92.9 Å². The van der Waals surface area contributed by atoms with E-state index >= 15 is 0 Å². The molecule has 1 N–H and O–H groups in total. The number of Topliss-reactive ketones (excluding diaryl/α,β-unsaturated/α-hetero) is 1. The second kappa shape index (κ2) is 15.6. The summed E-state index contributed by atoms with van der Waals surface area (Å²) in [5.74, 6) is 0.652. The van der Waals surface area contributed by atoms with Crippen LogP contribution in [0.1, 0.15) is 143 Å². The molecule has 3 aliphatic carbocycles. The molecule has 0 aromatic carbocycles. The lowest BCUT2D eigenvalue weighted by Gasteiger charge is -2.32. The quantitative estimate of drug-likeness (QED) is 0.136. The Morgan fingerprint density at radius 2 is 1.53 bits per heavy atom. The predicted molar refractivity (Wildman–Crippen MR) is 161 cm³/mol. The summed E-state index contributed by atoms with van der Waals surface area (Å²) in [4.78, 5) is 25.3. The second-order valence-corrected chi connectivity index (χ2v) is 12.2. The number of fused-ring (bicyclic) bond motifs is 1. The Kier molecular flexibility index (Phi) is 12.6. The molecular weight excluding hydrogens is 466 g/mol. The minimum absolute atomic E-state index is 0.125. The third-order valence-electron chi connectivity index (χ3n) is 9.40. The van der Waals surface area contributed by atoms with Crippen LogP contribution in [0.25, 0.3) is 0 Å². The molecule has 0 heterocycles. The fourth-order valence-electron chi connectivity index (χ4n) is 6.62. The van der Waals surface area contributed by atoms with E-state index in [0.29, 0.717) is 12.2 Å². The SMILES string of the molecule is CCCCCCCC/C=C/CCCCCCCC(=O)NCCCC1=C(C)C=C2C(=O)[C@@H](C)C3(CC3)C(C)=C21. The molecule has 3 heteroatoms. The Hall–Kier alpha value is -1.90. The third-order valence-corrected chi connectivity index (χ3v) is 9.40. The van der Waals surface area contributed by atoms with Crippen LogP contribution < -0.4 is 5.32 Å². The van der Waals surface area contributed by atoms with Crippen LogP contribution in [0, 0.1) is 11.3 Å². The number of hydrogen-bond acceptors (Lipinski definition) is 2. The molecular formula is C35H55NO2. The van der Waals surface area contributed by atoms with Gasteiger partial charge in [-0.05, 0) is 94.4 Å². The van der Waals surface area contributed by atoms with Crippen molar-refractivity contribution in [2.75, 3.05) is 6.54 Å². The van der Waals surface area contributed by atoms with E-state index in [4.69, 9.17) is 0 Å². The first kappa shape index (κ1) is 30.6. The maximum atomic E-state index is 13.0. The first-order valence-electron chi connectivity index (χ1n) is 16.0. The molecule has 1 spiro atoms. The number of carbonyl (C=O) groups is 2. The fourth-order valence-corrected chi connectivity index (χ4v) is 6.62. The van der Waals surface area contributed by atoms with Crippen molar-refractivity contribution in [3.63, 3.8) is 0 Å². The first-order chi connectivity index (χ1) is 18.4. The van der Waals surface area contributed by atoms with Crippen molar-refractivity contribution in [2.45, 2.75) is 143 Å². The van der Waals surface area contributed by atoms with E-state index < -0.39 is 0 Å². The molecule has 0 radical (unpaired) electrons. The van der Waals surface area contributed by atoms with Crippen LogP contribution in [-0.4, -0.2) is 18.2 Å². The zero-order valence-electron chi connectivity index (χ0n) is 25.1. The summed E-state index contributed by atoms with van der Waals surface area (Å²) in [6.07, 6.45) is 28.3. The van der Waals surface area contributed by atoms with Gasteiger partial charge in [0.15, 0.2) is 5.78 Å². The smallest absolute Gasteiger partial charge is 0.219 e. The Bertz CT molecular complexity index is 928. The molecule has 1 amide bonds. The lowest BCUT2D eigenvalue weighted by Crippen LogP contribution is -2.31. The highest BCUT2D eigenvalue weighted by molar-refractivity contribution is 6.07. The van der Waals surface area contributed by atoms with Gasteiger partial charge in [-0.25, -0.2) is 0 Å². The molecule has 0 aromatic rings.